The van der Waals surface area contributed by atoms with Crippen LogP contribution in [0.1, 0.15) is 11.1 Å². The zero-order valence-corrected chi connectivity index (χ0v) is 8.48. The fourth-order valence-electron chi connectivity index (χ4n) is 1.25. The number of benzene rings is 1. The van der Waals surface area contributed by atoms with Crippen LogP contribution in [0.3, 0.4) is 0 Å². The number of hydrogen-bond acceptors (Lipinski definition) is 2. The van der Waals surface area contributed by atoms with Gasteiger partial charge in [0, 0.05) is 6.54 Å². The SMILES string of the molecule is CNCc1ccc(OC(F)(F)F)cc1C. The lowest BCUT2D eigenvalue weighted by Crippen LogP contribution is -2.17. The quantitative estimate of drug-likeness (QED) is 0.843. The van der Waals surface area contributed by atoms with Gasteiger partial charge in [-0.1, -0.05) is 6.07 Å². The molecule has 0 aliphatic heterocycles. The third-order valence-corrected chi connectivity index (χ3v) is 1.91. The second-order valence-corrected chi connectivity index (χ2v) is 3.17. The van der Waals surface area contributed by atoms with Crippen molar-refractivity contribution < 1.29 is 17.9 Å². The number of halogens is 3. The van der Waals surface area contributed by atoms with E-state index in [9.17, 15) is 13.2 Å². The molecular formula is C10H12F3NO. The van der Waals surface area contributed by atoms with Crippen LogP contribution >= 0.6 is 0 Å². The van der Waals surface area contributed by atoms with Crippen LogP contribution in [0.25, 0.3) is 0 Å². The summed E-state index contributed by atoms with van der Waals surface area (Å²) >= 11 is 0. The van der Waals surface area contributed by atoms with Gasteiger partial charge in [-0.3, -0.25) is 0 Å². The molecule has 0 aliphatic rings. The molecule has 0 aliphatic carbocycles. The van der Waals surface area contributed by atoms with Crippen molar-refractivity contribution in [2.24, 2.45) is 0 Å². The van der Waals surface area contributed by atoms with Gasteiger partial charge in [-0.15, -0.1) is 13.2 Å². The van der Waals surface area contributed by atoms with E-state index in [1.54, 1.807) is 20.0 Å². The monoisotopic (exact) mass is 219 g/mol. The van der Waals surface area contributed by atoms with Crippen molar-refractivity contribution in [2.75, 3.05) is 7.05 Å². The molecule has 0 fully saturated rings. The molecule has 0 aromatic heterocycles. The van der Waals surface area contributed by atoms with Gasteiger partial charge in [0.2, 0.25) is 0 Å². The summed E-state index contributed by atoms with van der Waals surface area (Å²) in [4.78, 5) is 0. The first kappa shape index (κ1) is 11.8. The summed E-state index contributed by atoms with van der Waals surface area (Å²) in [5.74, 6) is -0.181. The maximum Gasteiger partial charge on any atom is 0.573 e. The third-order valence-electron chi connectivity index (χ3n) is 1.91. The normalized spacial score (nSPS) is 11.5. The molecule has 0 bridgehead atoms. The van der Waals surface area contributed by atoms with Crippen molar-refractivity contribution in [3.8, 4) is 5.75 Å². The highest BCUT2D eigenvalue weighted by Crippen LogP contribution is 2.24. The Morgan fingerprint density at radius 3 is 2.47 bits per heavy atom. The van der Waals surface area contributed by atoms with Crippen molar-refractivity contribution in [3.05, 3.63) is 29.3 Å². The van der Waals surface area contributed by atoms with E-state index < -0.39 is 6.36 Å². The van der Waals surface area contributed by atoms with Crippen LogP contribution in [-0.2, 0) is 6.54 Å². The molecule has 0 spiro atoms. The van der Waals surface area contributed by atoms with Gasteiger partial charge in [-0.05, 0) is 37.2 Å². The van der Waals surface area contributed by atoms with Gasteiger partial charge >= 0.3 is 6.36 Å². The van der Waals surface area contributed by atoms with E-state index >= 15 is 0 Å². The largest absolute Gasteiger partial charge is 0.573 e. The van der Waals surface area contributed by atoms with E-state index in [0.29, 0.717) is 6.54 Å². The van der Waals surface area contributed by atoms with Gasteiger partial charge in [0.1, 0.15) is 5.75 Å². The molecular weight excluding hydrogens is 207 g/mol. The van der Waals surface area contributed by atoms with Gasteiger partial charge in [0.15, 0.2) is 0 Å². The maximum absolute atomic E-state index is 11.9. The first-order valence-electron chi connectivity index (χ1n) is 4.42. The molecule has 0 unspecified atom stereocenters. The number of aryl methyl sites for hydroxylation is 1. The summed E-state index contributed by atoms with van der Waals surface area (Å²) in [5.41, 5.74) is 1.72. The summed E-state index contributed by atoms with van der Waals surface area (Å²) in [6.07, 6.45) is -4.63. The summed E-state index contributed by atoms with van der Waals surface area (Å²) in [6.45, 7) is 2.37. The number of rotatable bonds is 3. The Morgan fingerprint density at radius 2 is 2.00 bits per heavy atom. The van der Waals surface area contributed by atoms with E-state index in [2.05, 4.69) is 10.1 Å². The fraction of sp³-hybridized carbons (Fsp3) is 0.400. The number of nitrogens with one attached hydrogen (secondary N) is 1. The van der Waals surface area contributed by atoms with Gasteiger partial charge in [-0.2, -0.15) is 0 Å². The highest BCUT2D eigenvalue weighted by Gasteiger charge is 2.31. The first-order chi connectivity index (χ1) is 6.92. The van der Waals surface area contributed by atoms with E-state index in [-0.39, 0.29) is 5.75 Å². The average molecular weight is 219 g/mol. The highest BCUT2D eigenvalue weighted by atomic mass is 19.4. The molecule has 0 saturated carbocycles. The Hall–Kier alpha value is -1.23. The summed E-state index contributed by atoms with van der Waals surface area (Å²) in [6, 6.07) is 4.31. The van der Waals surface area contributed by atoms with Crippen LogP contribution in [0.5, 0.6) is 5.75 Å². The van der Waals surface area contributed by atoms with Crippen LogP contribution < -0.4 is 10.1 Å². The predicted molar refractivity (Wildman–Crippen MR) is 50.6 cm³/mol. The zero-order valence-electron chi connectivity index (χ0n) is 8.48. The van der Waals surface area contributed by atoms with Gasteiger partial charge < -0.3 is 10.1 Å². The molecule has 1 N–H and O–H groups in total. The standard InChI is InChI=1S/C10H12F3NO/c1-7-5-9(15-10(11,12)13)4-3-8(7)6-14-2/h3-5,14H,6H2,1-2H3. The molecule has 0 atom stereocenters. The van der Waals surface area contributed by atoms with E-state index in [0.717, 1.165) is 11.1 Å². The second kappa shape index (κ2) is 4.53. The Labute approximate surface area is 86.1 Å². The van der Waals surface area contributed by atoms with Crippen molar-refractivity contribution in [1.29, 1.82) is 0 Å². The lowest BCUT2D eigenvalue weighted by atomic mass is 10.1. The highest BCUT2D eigenvalue weighted by molar-refractivity contribution is 5.34. The van der Waals surface area contributed by atoms with E-state index in [4.69, 9.17) is 0 Å². The number of hydrogen-bond donors (Lipinski definition) is 1. The Balaban J connectivity index is 2.82. The Bertz CT molecular complexity index is 336. The average Bonchev–Trinajstić information content (AvgIpc) is 2.07. The lowest BCUT2D eigenvalue weighted by molar-refractivity contribution is -0.274. The van der Waals surface area contributed by atoms with Crippen LogP contribution in [0.4, 0.5) is 13.2 Å². The topological polar surface area (TPSA) is 21.3 Å². The van der Waals surface area contributed by atoms with Crippen LogP contribution in [0.15, 0.2) is 18.2 Å². The summed E-state index contributed by atoms with van der Waals surface area (Å²) in [7, 11) is 1.78. The third kappa shape index (κ3) is 3.79. The van der Waals surface area contributed by atoms with Crippen molar-refractivity contribution in [1.82, 2.24) is 5.32 Å². The molecule has 0 radical (unpaired) electrons. The molecule has 1 rings (SSSR count). The number of ether oxygens (including phenoxy) is 1. The molecule has 1 aromatic carbocycles. The predicted octanol–water partition coefficient (Wildman–Crippen LogP) is 2.61. The minimum atomic E-state index is -4.63. The van der Waals surface area contributed by atoms with Crippen molar-refractivity contribution in [2.45, 2.75) is 19.8 Å². The first-order valence-corrected chi connectivity index (χ1v) is 4.42. The van der Waals surface area contributed by atoms with Gasteiger partial charge in [-0.25, -0.2) is 0 Å². The fourth-order valence-corrected chi connectivity index (χ4v) is 1.25. The minimum Gasteiger partial charge on any atom is -0.406 e. The lowest BCUT2D eigenvalue weighted by Gasteiger charge is -2.11. The number of alkyl halides is 3. The molecule has 0 heterocycles. The zero-order chi connectivity index (χ0) is 11.5. The summed E-state index contributed by atoms with van der Waals surface area (Å²) < 4.78 is 39.5. The van der Waals surface area contributed by atoms with Crippen LogP contribution in [0, 0.1) is 6.92 Å². The Kier molecular flexibility index (Phi) is 3.57. The van der Waals surface area contributed by atoms with E-state index in [1.807, 2.05) is 0 Å². The molecule has 1 aromatic rings. The van der Waals surface area contributed by atoms with Gasteiger partial charge in [0.05, 0.1) is 0 Å². The molecule has 0 saturated heterocycles. The molecule has 2 nitrogen and oxygen atoms in total. The van der Waals surface area contributed by atoms with E-state index in [1.165, 1.54) is 12.1 Å². The minimum absolute atomic E-state index is 0.181. The molecule has 0 amide bonds. The second-order valence-electron chi connectivity index (χ2n) is 3.17. The maximum atomic E-state index is 11.9. The van der Waals surface area contributed by atoms with Gasteiger partial charge in [0.25, 0.3) is 0 Å². The molecule has 5 heteroatoms. The molecule has 15 heavy (non-hydrogen) atoms. The van der Waals surface area contributed by atoms with Crippen LogP contribution in [0.2, 0.25) is 0 Å². The van der Waals surface area contributed by atoms with Crippen molar-refractivity contribution in [3.63, 3.8) is 0 Å². The van der Waals surface area contributed by atoms with Crippen LogP contribution in [-0.4, -0.2) is 13.4 Å². The van der Waals surface area contributed by atoms with Crippen molar-refractivity contribution >= 4 is 0 Å². The summed E-state index contributed by atoms with van der Waals surface area (Å²) in [5, 5.41) is 2.93. The smallest absolute Gasteiger partial charge is 0.406 e. The Morgan fingerprint density at radius 1 is 1.33 bits per heavy atom. The molecule has 84 valence electrons.